The number of rotatable bonds is 7. The Bertz CT molecular complexity index is 1080. The van der Waals surface area contributed by atoms with Crippen molar-refractivity contribution in [1.29, 1.82) is 0 Å². The number of hydrogen-bond donors (Lipinski definition) is 1. The molecule has 3 aromatic carbocycles. The number of aromatic carboxylic acids is 1. The van der Waals surface area contributed by atoms with Crippen LogP contribution in [0.5, 0.6) is 23.0 Å². The van der Waals surface area contributed by atoms with Crippen molar-refractivity contribution in [2.45, 2.75) is 0 Å². The van der Waals surface area contributed by atoms with E-state index in [1.54, 1.807) is 0 Å². The molecule has 0 amide bonds. The molecular formula is C19H12N2O8. The first-order valence-electron chi connectivity index (χ1n) is 8.06. The molecule has 1 N–H and O–H groups in total. The molecule has 0 unspecified atom stereocenters. The average molecular weight is 396 g/mol. The van der Waals surface area contributed by atoms with E-state index < -0.39 is 15.8 Å². The SMILES string of the molecule is O=C(O)c1cccc(Oc2ccc([N+](=O)[O-])cc2)c1Oc1ccc([N+](=O)[O-])cc1. The Kier molecular flexibility index (Phi) is 5.35. The monoisotopic (exact) mass is 396 g/mol. The highest BCUT2D eigenvalue weighted by atomic mass is 16.6. The molecule has 0 heterocycles. The molecule has 0 aliphatic rings. The lowest BCUT2D eigenvalue weighted by Gasteiger charge is -2.14. The second kappa shape index (κ2) is 8.05. The van der Waals surface area contributed by atoms with Crippen LogP contribution in [0.2, 0.25) is 0 Å². The van der Waals surface area contributed by atoms with Gasteiger partial charge in [0.05, 0.1) is 9.85 Å². The molecule has 0 radical (unpaired) electrons. The first-order chi connectivity index (χ1) is 13.8. The van der Waals surface area contributed by atoms with Gasteiger partial charge >= 0.3 is 5.97 Å². The third kappa shape index (κ3) is 4.45. The molecule has 29 heavy (non-hydrogen) atoms. The van der Waals surface area contributed by atoms with E-state index in [0.29, 0.717) is 0 Å². The molecular weight excluding hydrogens is 384 g/mol. The van der Waals surface area contributed by atoms with Gasteiger partial charge in [-0.2, -0.15) is 0 Å². The van der Waals surface area contributed by atoms with E-state index in [4.69, 9.17) is 9.47 Å². The van der Waals surface area contributed by atoms with Crippen LogP contribution in [0.15, 0.2) is 66.7 Å². The maximum atomic E-state index is 11.6. The maximum absolute atomic E-state index is 11.6. The van der Waals surface area contributed by atoms with Gasteiger partial charge in [-0.15, -0.1) is 0 Å². The molecule has 146 valence electrons. The molecule has 0 saturated carbocycles. The summed E-state index contributed by atoms with van der Waals surface area (Å²) in [4.78, 5) is 32.0. The van der Waals surface area contributed by atoms with Crippen molar-refractivity contribution < 1.29 is 29.2 Å². The second-order valence-electron chi connectivity index (χ2n) is 5.64. The van der Waals surface area contributed by atoms with Crippen LogP contribution in [0, 0.1) is 20.2 Å². The smallest absolute Gasteiger partial charge is 0.339 e. The summed E-state index contributed by atoms with van der Waals surface area (Å²) >= 11 is 0. The van der Waals surface area contributed by atoms with Crippen molar-refractivity contribution in [2.75, 3.05) is 0 Å². The van der Waals surface area contributed by atoms with Crippen molar-refractivity contribution in [1.82, 2.24) is 0 Å². The number of carboxylic acid groups (broad SMARTS) is 1. The van der Waals surface area contributed by atoms with Crippen LogP contribution in [0.1, 0.15) is 10.4 Å². The van der Waals surface area contributed by atoms with Crippen LogP contribution in [-0.2, 0) is 0 Å². The Balaban J connectivity index is 1.95. The number of nitro benzene ring substituents is 2. The Hall–Kier alpha value is -4.47. The minimum absolute atomic E-state index is 0.0529. The van der Waals surface area contributed by atoms with Crippen molar-refractivity contribution in [2.24, 2.45) is 0 Å². The zero-order valence-electron chi connectivity index (χ0n) is 14.6. The molecule has 0 aromatic heterocycles. The summed E-state index contributed by atoms with van der Waals surface area (Å²) in [5, 5.41) is 31.0. The van der Waals surface area contributed by atoms with Gasteiger partial charge < -0.3 is 14.6 Å². The fourth-order valence-electron chi connectivity index (χ4n) is 2.39. The highest BCUT2D eigenvalue weighted by Gasteiger charge is 2.19. The average Bonchev–Trinajstić information content (AvgIpc) is 2.70. The standard InChI is InChI=1S/C19H12N2O8/c22-19(23)16-2-1-3-17(28-14-8-4-12(5-9-14)20(24)25)18(16)29-15-10-6-13(7-11-15)21(26)27/h1-11H,(H,22,23). The molecule has 10 heteroatoms. The predicted octanol–water partition coefficient (Wildman–Crippen LogP) is 4.79. The second-order valence-corrected chi connectivity index (χ2v) is 5.64. The van der Waals surface area contributed by atoms with Crippen LogP contribution in [0.4, 0.5) is 11.4 Å². The summed E-state index contributed by atoms with van der Waals surface area (Å²) in [6, 6.07) is 14.5. The van der Waals surface area contributed by atoms with Gasteiger partial charge in [0.25, 0.3) is 11.4 Å². The van der Waals surface area contributed by atoms with Crippen molar-refractivity contribution in [3.8, 4) is 23.0 Å². The Labute approximate surface area is 162 Å². The van der Waals surface area contributed by atoms with Gasteiger partial charge in [0.2, 0.25) is 0 Å². The number of hydrogen-bond acceptors (Lipinski definition) is 7. The van der Waals surface area contributed by atoms with Gasteiger partial charge in [-0.3, -0.25) is 20.2 Å². The molecule has 10 nitrogen and oxygen atoms in total. The molecule has 0 fully saturated rings. The van der Waals surface area contributed by atoms with Crippen molar-refractivity contribution >= 4 is 17.3 Å². The van der Waals surface area contributed by atoms with Crippen molar-refractivity contribution in [3.05, 3.63) is 92.5 Å². The molecule has 0 bridgehead atoms. The topological polar surface area (TPSA) is 142 Å². The lowest BCUT2D eigenvalue weighted by atomic mass is 10.2. The Morgan fingerprint density at radius 1 is 0.759 bits per heavy atom. The fraction of sp³-hybridized carbons (Fsp3) is 0. The number of non-ortho nitro benzene ring substituents is 2. The van der Waals surface area contributed by atoms with E-state index in [0.717, 1.165) is 0 Å². The number of benzene rings is 3. The molecule has 3 aromatic rings. The molecule has 0 aliphatic heterocycles. The first-order valence-corrected chi connectivity index (χ1v) is 8.06. The number of nitro groups is 2. The minimum atomic E-state index is -1.27. The predicted molar refractivity (Wildman–Crippen MR) is 99.7 cm³/mol. The third-order valence-corrected chi connectivity index (χ3v) is 3.75. The van der Waals surface area contributed by atoms with E-state index in [9.17, 15) is 30.1 Å². The van der Waals surface area contributed by atoms with Gasteiger partial charge in [-0.1, -0.05) is 6.07 Å². The third-order valence-electron chi connectivity index (χ3n) is 3.75. The summed E-state index contributed by atoms with van der Waals surface area (Å²) in [7, 11) is 0. The fourth-order valence-corrected chi connectivity index (χ4v) is 2.39. The Morgan fingerprint density at radius 3 is 1.69 bits per heavy atom. The van der Waals surface area contributed by atoms with Gasteiger partial charge in [0, 0.05) is 24.3 Å². The van der Waals surface area contributed by atoms with Crippen LogP contribution in [0.25, 0.3) is 0 Å². The molecule has 0 spiro atoms. The van der Waals surface area contributed by atoms with Crippen LogP contribution in [0.3, 0.4) is 0 Å². The maximum Gasteiger partial charge on any atom is 0.339 e. The summed E-state index contributed by atoms with van der Waals surface area (Å²) in [6.07, 6.45) is 0. The normalized spacial score (nSPS) is 10.2. The largest absolute Gasteiger partial charge is 0.478 e. The highest BCUT2D eigenvalue weighted by molar-refractivity contribution is 5.92. The first kappa shape index (κ1) is 19.3. The minimum Gasteiger partial charge on any atom is -0.478 e. The summed E-state index contributed by atoms with van der Waals surface area (Å²) in [5.41, 5.74) is -0.465. The highest BCUT2D eigenvalue weighted by Crippen LogP contribution is 2.38. The summed E-state index contributed by atoms with van der Waals surface area (Å²) in [6.45, 7) is 0. The summed E-state index contributed by atoms with van der Waals surface area (Å²) in [5.74, 6) is -0.940. The van der Waals surface area contributed by atoms with Crippen molar-refractivity contribution in [3.63, 3.8) is 0 Å². The lowest BCUT2D eigenvalue weighted by Crippen LogP contribution is -2.02. The van der Waals surface area contributed by atoms with E-state index in [2.05, 4.69) is 0 Å². The number of nitrogens with zero attached hydrogens (tertiary/aromatic N) is 2. The van der Waals surface area contributed by atoms with Gasteiger partial charge in [-0.25, -0.2) is 4.79 Å². The lowest BCUT2D eigenvalue weighted by molar-refractivity contribution is -0.385. The van der Waals surface area contributed by atoms with Crippen LogP contribution in [-0.4, -0.2) is 20.9 Å². The zero-order valence-corrected chi connectivity index (χ0v) is 14.6. The molecule has 0 saturated heterocycles. The van der Waals surface area contributed by atoms with Crippen LogP contribution < -0.4 is 9.47 Å². The van der Waals surface area contributed by atoms with Crippen LogP contribution >= 0.6 is 0 Å². The van der Waals surface area contributed by atoms with E-state index in [1.165, 1.54) is 66.7 Å². The number of carboxylic acids is 1. The molecule has 0 atom stereocenters. The number of ether oxygens (including phenoxy) is 2. The molecule has 3 rings (SSSR count). The summed E-state index contributed by atoms with van der Waals surface area (Å²) < 4.78 is 11.3. The van der Waals surface area contributed by atoms with E-state index >= 15 is 0 Å². The van der Waals surface area contributed by atoms with Gasteiger partial charge in [-0.05, 0) is 36.4 Å². The van der Waals surface area contributed by atoms with Gasteiger partial charge in [0.15, 0.2) is 11.5 Å². The van der Waals surface area contributed by atoms with E-state index in [1.807, 2.05) is 0 Å². The Morgan fingerprint density at radius 2 is 1.24 bits per heavy atom. The zero-order chi connectivity index (χ0) is 21.0. The number of para-hydroxylation sites is 1. The van der Waals surface area contributed by atoms with Gasteiger partial charge in [0.1, 0.15) is 17.1 Å². The number of carbonyl (C=O) groups is 1. The quantitative estimate of drug-likeness (QED) is 0.444. The molecule has 0 aliphatic carbocycles. The van der Waals surface area contributed by atoms with E-state index in [-0.39, 0.29) is 39.9 Å².